The van der Waals surface area contributed by atoms with Gasteiger partial charge in [-0.2, -0.15) is 15.0 Å². The molecule has 0 N–H and O–H groups in total. The molecule has 0 aliphatic carbocycles. The molecule has 7 nitrogen and oxygen atoms in total. The second kappa shape index (κ2) is 12.2. The summed E-state index contributed by atoms with van der Waals surface area (Å²) >= 11 is 0. The summed E-state index contributed by atoms with van der Waals surface area (Å²) in [6.07, 6.45) is 3.63. The number of rotatable bonds is 7. The first kappa shape index (κ1) is 31.7. The van der Waals surface area contributed by atoms with Crippen molar-refractivity contribution in [2.75, 3.05) is 0 Å². The number of benzene rings is 5. The molecule has 9 rings (SSSR count). The molecule has 52 heavy (non-hydrogen) atoms. The van der Waals surface area contributed by atoms with Crippen LogP contribution in [0.1, 0.15) is 47.5 Å². The summed E-state index contributed by atoms with van der Waals surface area (Å²) in [5, 5.41) is 14.3. The Hall–Kier alpha value is -6.21. The second-order valence-corrected chi connectivity index (χ2v) is 13.9. The van der Waals surface area contributed by atoms with E-state index in [1.165, 1.54) is 44.1 Å². The van der Waals surface area contributed by atoms with Gasteiger partial charge in [0.05, 0.1) is 44.8 Å². The third-order valence-corrected chi connectivity index (χ3v) is 10.2. The molecule has 0 aliphatic rings. The zero-order chi connectivity index (χ0) is 35.7. The zero-order valence-electron chi connectivity index (χ0n) is 30.4. The number of fused-ring (bicyclic) bond motifs is 6. The summed E-state index contributed by atoms with van der Waals surface area (Å²) in [4.78, 5) is 6.71. The molecule has 7 heteroatoms. The highest BCUT2D eigenvalue weighted by Gasteiger charge is 2.20. The zero-order valence-corrected chi connectivity index (χ0v) is 30.4. The van der Waals surface area contributed by atoms with Crippen LogP contribution in [0.4, 0.5) is 0 Å². The van der Waals surface area contributed by atoms with Crippen molar-refractivity contribution in [2.24, 2.45) is 0 Å². The van der Waals surface area contributed by atoms with E-state index in [0.29, 0.717) is 0 Å². The fraction of sp³-hybridized carbons (Fsp3) is 0.178. The van der Waals surface area contributed by atoms with Crippen LogP contribution in [0.25, 0.3) is 60.8 Å². The first-order valence-corrected chi connectivity index (χ1v) is 18.1. The van der Waals surface area contributed by atoms with E-state index in [1.807, 2.05) is 36.5 Å². The van der Waals surface area contributed by atoms with Gasteiger partial charge in [-0.3, -0.25) is 4.57 Å². The van der Waals surface area contributed by atoms with Gasteiger partial charge >= 0.3 is 0 Å². The predicted octanol–water partition coefficient (Wildman–Crippen LogP) is 11.0. The molecule has 0 amide bonds. The first-order chi connectivity index (χ1) is 25.3. The number of hydrogen-bond acceptors (Lipinski definition) is 4. The Labute approximate surface area is 302 Å². The van der Waals surface area contributed by atoms with Crippen LogP contribution in [0.3, 0.4) is 0 Å². The van der Waals surface area contributed by atoms with Crippen molar-refractivity contribution in [3.8, 4) is 28.7 Å². The van der Waals surface area contributed by atoms with E-state index < -0.39 is 0 Å². The van der Waals surface area contributed by atoms with E-state index in [4.69, 9.17) is 19.9 Å². The molecular formula is C45H40N6O. The van der Waals surface area contributed by atoms with Crippen molar-refractivity contribution in [3.63, 3.8) is 0 Å². The Balaban J connectivity index is 1.19. The number of para-hydroxylation sites is 1. The van der Waals surface area contributed by atoms with Gasteiger partial charge in [0.2, 0.25) is 0 Å². The number of ether oxygens (including phenoxy) is 1. The summed E-state index contributed by atoms with van der Waals surface area (Å²) in [5.74, 6) is 2.30. The van der Waals surface area contributed by atoms with Crippen LogP contribution in [-0.2, 0) is 12.8 Å². The van der Waals surface area contributed by atoms with Gasteiger partial charge in [-0.05, 0) is 100 Å². The summed E-state index contributed by atoms with van der Waals surface area (Å²) in [6.45, 7) is 13.0. The predicted molar refractivity (Wildman–Crippen MR) is 212 cm³/mol. The number of aromatic nitrogens is 6. The highest BCUT2D eigenvalue weighted by Crippen LogP contribution is 2.39. The van der Waals surface area contributed by atoms with Crippen LogP contribution < -0.4 is 4.74 Å². The van der Waals surface area contributed by atoms with Gasteiger partial charge in [-0.15, -0.1) is 0 Å². The first-order valence-electron chi connectivity index (χ1n) is 18.1. The minimum Gasteiger partial charge on any atom is -0.457 e. The Bertz CT molecular complexity index is 2770. The lowest BCUT2D eigenvalue weighted by Crippen LogP contribution is -2.02. The average Bonchev–Trinajstić information content (AvgIpc) is 3.82. The van der Waals surface area contributed by atoms with Gasteiger partial charge < -0.3 is 9.30 Å². The van der Waals surface area contributed by atoms with Crippen LogP contribution >= 0.6 is 0 Å². The van der Waals surface area contributed by atoms with Crippen LogP contribution in [0.5, 0.6) is 11.5 Å². The monoisotopic (exact) mass is 680 g/mol. The number of aryl methyl sites for hydroxylation is 6. The van der Waals surface area contributed by atoms with Gasteiger partial charge in [0.1, 0.15) is 17.3 Å². The highest BCUT2D eigenvalue weighted by atomic mass is 16.5. The standard InChI is InChI=1S/C45H40N6O/c1-7-39-40(8-2)48-51(47-39)32-12-11-13-33(24-32)52-34-16-17-36-35-14-9-10-15-41(35)50(42(36)26-34)43-25-31(18-19-46-43)49-44-29(5)20-27(3)22-37(44)38-23-28(4)21-30(6)45(38)49/h9-26H,7-8H2,1-6H3. The second-order valence-electron chi connectivity index (χ2n) is 13.9. The maximum absolute atomic E-state index is 6.54. The summed E-state index contributed by atoms with van der Waals surface area (Å²) in [5.41, 5.74) is 13.6. The molecule has 0 saturated carbocycles. The smallest absolute Gasteiger partial charge is 0.139 e. The fourth-order valence-corrected chi connectivity index (χ4v) is 8.06. The molecule has 5 aromatic carbocycles. The minimum atomic E-state index is 0.718. The number of hydrogen-bond donors (Lipinski definition) is 0. The van der Waals surface area contributed by atoms with Crippen LogP contribution in [0.15, 0.2) is 109 Å². The molecule has 4 heterocycles. The molecular weight excluding hydrogens is 641 g/mol. The lowest BCUT2D eigenvalue weighted by Gasteiger charge is -2.14. The van der Waals surface area contributed by atoms with E-state index >= 15 is 0 Å². The topological polar surface area (TPSA) is 62.7 Å². The van der Waals surface area contributed by atoms with Gasteiger partial charge in [-0.25, -0.2) is 4.98 Å². The molecule has 256 valence electrons. The van der Waals surface area contributed by atoms with E-state index in [2.05, 4.69) is 123 Å². The van der Waals surface area contributed by atoms with E-state index in [0.717, 1.165) is 74.7 Å². The van der Waals surface area contributed by atoms with E-state index in [9.17, 15) is 0 Å². The Morgan fingerprint density at radius 2 is 1.19 bits per heavy atom. The maximum Gasteiger partial charge on any atom is 0.139 e. The van der Waals surface area contributed by atoms with Crippen LogP contribution in [-0.4, -0.2) is 29.1 Å². The molecule has 9 aromatic rings. The van der Waals surface area contributed by atoms with Crippen molar-refractivity contribution >= 4 is 43.6 Å². The van der Waals surface area contributed by atoms with E-state index in [1.54, 1.807) is 4.80 Å². The number of nitrogens with zero attached hydrogens (tertiary/aromatic N) is 6. The molecule has 4 aromatic heterocycles. The molecule has 0 aliphatic heterocycles. The van der Waals surface area contributed by atoms with Crippen molar-refractivity contribution in [1.82, 2.24) is 29.1 Å². The molecule has 0 saturated heterocycles. The third kappa shape index (κ3) is 5.07. The lowest BCUT2D eigenvalue weighted by molar-refractivity contribution is 0.482. The molecule has 0 bridgehead atoms. The van der Waals surface area contributed by atoms with Gasteiger partial charge in [0, 0.05) is 45.9 Å². The Morgan fingerprint density at radius 3 is 1.88 bits per heavy atom. The van der Waals surface area contributed by atoms with E-state index in [-0.39, 0.29) is 0 Å². The summed E-state index contributed by atoms with van der Waals surface area (Å²) in [6, 6.07) is 36.3. The van der Waals surface area contributed by atoms with Crippen LogP contribution in [0, 0.1) is 27.7 Å². The fourth-order valence-electron chi connectivity index (χ4n) is 8.06. The van der Waals surface area contributed by atoms with Crippen molar-refractivity contribution < 1.29 is 4.74 Å². The Morgan fingerprint density at radius 1 is 0.538 bits per heavy atom. The van der Waals surface area contributed by atoms with Crippen molar-refractivity contribution in [1.29, 1.82) is 0 Å². The largest absolute Gasteiger partial charge is 0.457 e. The Kier molecular flexibility index (Phi) is 7.47. The minimum absolute atomic E-state index is 0.718. The summed E-state index contributed by atoms with van der Waals surface area (Å²) in [7, 11) is 0. The van der Waals surface area contributed by atoms with Crippen molar-refractivity contribution in [2.45, 2.75) is 54.4 Å². The quantitative estimate of drug-likeness (QED) is 0.168. The normalized spacial score (nSPS) is 11.8. The average molecular weight is 681 g/mol. The molecule has 0 atom stereocenters. The van der Waals surface area contributed by atoms with Crippen molar-refractivity contribution in [3.05, 3.63) is 143 Å². The van der Waals surface area contributed by atoms with Gasteiger partial charge in [0.15, 0.2) is 0 Å². The van der Waals surface area contributed by atoms with Gasteiger partial charge in [0.25, 0.3) is 0 Å². The summed E-state index contributed by atoms with van der Waals surface area (Å²) < 4.78 is 11.2. The molecule has 0 spiro atoms. The number of pyridine rings is 1. The maximum atomic E-state index is 6.54. The molecule has 0 fully saturated rings. The van der Waals surface area contributed by atoms with Crippen LogP contribution in [0.2, 0.25) is 0 Å². The lowest BCUT2D eigenvalue weighted by atomic mass is 10.0. The molecule has 0 unspecified atom stereocenters. The third-order valence-electron chi connectivity index (χ3n) is 10.2. The SMILES string of the molecule is CCc1nn(-c2cccc(Oc3ccc4c5ccccc5n(-c5cc(-n6c7c(C)cc(C)cc7c7cc(C)cc(C)c76)ccn5)c4c3)c2)nc1CC. The highest BCUT2D eigenvalue weighted by molar-refractivity contribution is 6.12. The van der Waals surface area contributed by atoms with Gasteiger partial charge in [-0.1, -0.05) is 61.4 Å². The molecule has 0 radical (unpaired) electrons.